The minimum absolute atomic E-state index is 0.00866. The molecule has 0 aromatic carbocycles. The average Bonchev–Trinajstić information content (AvgIpc) is 2.34. The first-order valence-corrected chi connectivity index (χ1v) is 3.71. The molecule has 54 valence electrons. The van der Waals surface area contributed by atoms with Gasteiger partial charge >= 0.3 is 5.97 Å². The van der Waals surface area contributed by atoms with E-state index in [2.05, 4.69) is 12.2 Å². The fraction of sp³-hybridized carbons (Fsp3) is 0.625. The molecule has 2 heteroatoms. The summed E-state index contributed by atoms with van der Waals surface area (Å²) in [6.07, 6.45) is 6.28. The van der Waals surface area contributed by atoms with E-state index in [4.69, 9.17) is 4.74 Å². The van der Waals surface area contributed by atoms with Gasteiger partial charge in [-0.3, -0.25) is 4.79 Å². The molecule has 1 fully saturated rings. The van der Waals surface area contributed by atoms with Crippen molar-refractivity contribution in [2.45, 2.75) is 12.8 Å². The highest BCUT2D eigenvalue weighted by atomic mass is 16.5. The highest BCUT2D eigenvalue weighted by molar-refractivity contribution is 5.75. The lowest BCUT2D eigenvalue weighted by atomic mass is 9.87. The first-order valence-electron chi connectivity index (χ1n) is 3.71. The Kier molecular flexibility index (Phi) is 1.26. The molecule has 2 rings (SSSR count). The van der Waals surface area contributed by atoms with Crippen LogP contribution in [0.2, 0.25) is 0 Å². The van der Waals surface area contributed by atoms with Crippen molar-refractivity contribution in [3.8, 4) is 0 Å². The summed E-state index contributed by atoms with van der Waals surface area (Å²) < 4.78 is 4.91. The summed E-state index contributed by atoms with van der Waals surface area (Å²) in [5, 5.41) is 0. The minimum Gasteiger partial charge on any atom is -0.465 e. The number of ether oxygens (including phenoxy) is 1. The van der Waals surface area contributed by atoms with Gasteiger partial charge in [0.25, 0.3) is 0 Å². The van der Waals surface area contributed by atoms with Gasteiger partial charge in [-0.1, -0.05) is 12.2 Å². The van der Waals surface area contributed by atoms with Crippen molar-refractivity contribution in [2.75, 3.05) is 6.61 Å². The van der Waals surface area contributed by atoms with E-state index in [1.54, 1.807) is 0 Å². The van der Waals surface area contributed by atoms with Crippen LogP contribution in [-0.2, 0) is 9.53 Å². The quantitative estimate of drug-likeness (QED) is 0.370. The standard InChI is InChI=1S/C8H10O2/c9-8-7-4-2-1-3-6(7)5-10-8/h1,3,6-7H,2,4-5H2/t6-,7+/m0/s1. The second-order valence-corrected chi connectivity index (χ2v) is 2.91. The summed E-state index contributed by atoms with van der Waals surface area (Å²) in [4.78, 5) is 11.0. The van der Waals surface area contributed by atoms with E-state index in [0.29, 0.717) is 12.5 Å². The monoisotopic (exact) mass is 138 g/mol. The Labute approximate surface area is 59.9 Å². The van der Waals surface area contributed by atoms with E-state index in [-0.39, 0.29) is 11.9 Å². The van der Waals surface area contributed by atoms with Crippen LogP contribution in [0.1, 0.15) is 12.8 Å². The van der Waals surface area contributed by atoms with Crippen molar-refractivity contribution >= 4 is 5.97 Å². The van der Waals surface area contributed by atoms with E-state index in [0.717, 1.165) is 12.8 Å². The maximum absolute atomic E-state index is 11.0. The number of carbonyl (C=O) groups excluding carboxylic acids is 1. The van der Waals surface area contributed by atoms with Crippen LogP contribution < -0.4 is 0 Å². The van der Waals surface area contributed by atoms with E-state index in [1.807, 2.05) is 0 Å². The normalized spacial score (nSPS) is 37.4. The number of esters is 1. The summed E-state index contributed by atoms with van der Waals surface area (Å²) in [6, 6.07) is 0. The average molecular weight is 138 g/mol. The molecule has 0 amide bonds. The van der Waals surface area contributed by atoms with Crippen molar-refractivity contribution in [3.63, 3.8) is 0 Å². The largest absolute Gasteiger partial charge is 0.465 e. The predicted molar refractivity (Wildman–Crippen MR) is 36.3 cm³/mol. The molecule has 0 aromatic heterocycles. The summed E-state index contributed by atoms with van der Waals surface area (Å²) in [7, 11) is 0. The van der Waals surface area contributed by atoms with E-state index < -0.39 is 0 Å². The van der Waals surface area contributed by atoms with Crippen molar-refractivity contribution in [1.29, 1.82) is 0 Å². The van der Waals surface area contributed by atoms with Gasteiger partial charge in [-0.15, -0.1) is 0 Å². The van der Waals surface area contributed by atoms with E-state index in [9.17, 15) is 4.79 Å². The van der Waals surface area contributed by atoms with Gasteiger partial charge in [0.1, 0.15) is 0 Å². The van der Waals surface area contributed by atoms with Gasteiger partial charge in [0.05, 0.1) is 12.5 Å². The summed E-state index contributed by atoms with van der Waals surface area (Å²) in [5.41, 5.74) is 0. The lowest BCUT2D eigenvalue weighted by Crippen LogP contribution is -2.16. The van der Waals surface area contributed by atoms with Gasteiger partial charge in [-0.2, -0.15) is 0 Å². The summed E-state index contributed by atoms with van der Waals surface area (Å²) in [5.74, 6) is 0.584. The second-order valence-electron chi connectivity index (χ2n) is 2.91. The number of allylic oxidation sites excluding steroid dienone is 1. The van der Waals surface area contributed by atoms with Crippen molar-refractivity contribution in [3.05, 3.63) is 12.2 Å². The number of hydrogen-bond acceptors (Lipinski definition) is 2. The Morgan fingerprint density at radius 1 is 1.60 bits per heavy atom. The van der Waals surface area contributed by atoms with Crippen LogP contribution in [0.15, 0.2) is 12.2 Å². The fourth-order valence-corrected chi connectivity index (χ4v) is 1.64. The lowest BCUT2D eigenvalue weighted by Gasteiger charge is -2.13. The van der Waals surface area contributed by atoms with Crippen LogP contribution in [0.5, 0.6) is 0 Å². The molecule has 0 aromatic rings. The van der Waals surface area contributed by atoms with Crippen molar-refractivity contribution in [1.82, 2.24) is 0 Å². The predicted octanol–water partition coefficient (Wildman–Crippen LogP) is 1.13. The Morgan fingerprint density at radius 3 is 3.30 bits per heavy atom. The Bertz CT molecular complexity index is 184. The molecule has 2 atom stereocenters. The first kappa shape index (κ1) is 5.96. The van der Waals surface area contributed by atoms with Gasteiger partial charge in [0.2, 0.25) is 0 Å². The first-order chi connectivity index (χ1) is 4.88. The SMILES string of the molecule is O=C1OC[C@@H]2C=CCC[C@@H]12. The zero-order chi connectivity index (χ0) is 6.97. The van der Waals surface area contributed by atoms with Crippen LogP contribution in [-0.4, -0.2) is 12.6 Å². The van der Waals surface area contributed by atoms with E-state index >= 15 is 0 Å². The molecule has 1 saturated heterocycles. The number of cyclic esters (lactones) is 1. The number of carbonyl (C=O) groups is 1. The highest BCUT2D eigenvalue weighted by Crippen LogP contribution is 2.30. The van der Waals surface area contributed by atoms with E-state index in [1.165, 1.54) is 0 Å². The molecule has 1 heterocycles. The van der Waals surface area contributed by atoms with Gasteiger partial charge in [0, 0.05) is 5.92 Å². The maximum atomic E-state index is 11.0. The van der Waals surface area contributed by atoms with Crippen LogP contribution >= 0.6 is 0 Å². The van der Waals surface area contributed by atoms with Gasteiger partial charge in [-0.25, -0.2) is 0 Å². The lowest BCUT2D eigenvalue weighted by molar-refractivity contribution is -0.141. The van der Waals surface area contributed by atoms with Crippen molar-refractivity contribution < 1.29 is 9.53 Å². The summed E-state index contributed by atoms with van der Waals surface area (Å²) in [6.45, 7) is 0.611. The third-order valence-corrected chi connectivity index (χ3v) is 2.27. The second kappa shape index (κ2) is 2.11. The number of fused-ring (bicyclic) bond motifs is 1. The molecule has 0 N–H and O–H groups in total. The zero-order valence-electron chi connectivity index (χ0n) is 5.75. The van der Waals surface area contributed by atoms with Gasteiger partial charge in [0.15, 0.2) is 0 Å². The smallest absolute Gasteiger partial charge is 0.309 e. The molecular formula is C8H10O2. The molecule has 10 heavy (non-hydrogen) atoms. The third kappa shape index (κ3) is 0.753. The molecule has 1 aliphatic heterocycles. The molecule has 0 bridgehead atoms. The highest BCUT2D eigenvalue weighted by Gasteiger charge is 2.35. The molecule has 2 aliphatic rings. The van der Waals surface area contributed by atoms with Crippen molar-refractivity contribution in [2.24, 2.45) is 11.8 Å². The molecular weight excluding hydrogens is 128 g/mol. The van der Waals surface area contributed by atoms with Crippen LogP contribution in [0.4, 0.5) is 0 Å². The topological polar surface area (TPSA) is 26.3 Å². The van der Waals surface area contributed by atoms with Gasteiger partial charge < -0.3 is 4.74 Å². The molecule has 0 unspecified atom stereocenters. The fourth-order valence-electron chi connectivity index (χ4n) is 1.64. The molecule has 1 aliphatic carbocycles. The Morgan fingerprint density at radius 2 is 2.50 bits per heavy atom. The molecule has 0 spiro atoms. The zero-order valence-corrected chi connectivity index (χ0v) is 5.75. The molecule has 0 saturated carbocycles. The molecule has 2 nitrogen and oxygen atoms in total. The maximum Gasteiger partial charge on any atom is 0.309 e. The van der Waals surface area contributed by atoms with Crippen LogP contribution in [0.25, 0.3) is 0 Å². The Balaban J connectivity index is 2.19. The Hall–Kier alpha value is -0.790. The number of hydrogen-bond donors (Lipinski definition) is 0. The van der Waals surface area contributed by atoms with Gasteiger partial charge in [-0.05, 0) is 12.8 Å². The molecule has 0 radical (unpaired) electrons. The summed E-state index contributed by atoms with van der Waals surface area (Å²) >= 11 is 0. The third-order valence-electron chi connectivity index (χ3n) is 2.27. The minimum atomic E-state index is 0.00866. The van der Waals surface area contributed by atoms with Crippen LogP contribution in [0, 0.1) is 11.8 Å². The number of rotatable bonds is 0. The van der Waals surface area contributed by atoms with Crippen LogP contribution in [0.3, 0.4) is 0 Å².